The molecule has 0 saturated heterocycles. The smallest absolute Gasteiger partial charge is 0.340 e. The molecule has 0 aromatic heterocycles. The number of hydrogen-bond donors (Lipinski definition) is 2. The second kappa shape index (κ2) is 10.3. The number of benzene rings is 3. The molecular weight excluding hydrogens is 411 g/mol. The Morgan fingerprint density at radius 2 is 1.72 bits per heavy atom. The number of anilines is 1. The lowest BCUT2D eigenvalue weighted by Gasteiger charge is -2.11. The molecule has 2 amide bonds. The molecule has 0 aliphatic carbocycles. The Morgan fingerprint density at radius 3 is 2.47 bits per heavy atom. The summed E-state index contributed by atoms with van der Waals surface area (Å²) in [4.78, 5) is 37.0. The number of carbonyl (C=O) groups excluding carboxylic acids is 3. The first-order valence-electron chi connectivity index (χ1n) is 9.99. The fourth-order valence-electron chi connectivity index (χ4n) is 2.96. The normalized spacial score (nSPS) is 10.3. The summed E-state index contributed by atoms with van der Waals surface area (Å²) in [5.41, 5.74) is 2.91. The van der Waals surface area contributed by atoms with Crippen LogP contribution in [0.4, 0.5) is 10.1 Å². The summed E-state index contributed by atoms with van der Waals surface area (Å²) in [5.74, 6) is -1.99. The first kappa shape index (κ1) is 22.7. The number of amides is 2. The van der Waals surface area contributed by atoms with E-state index in [9.17, 15) is 18.8 Å². The Kier molecular flexibility index (Phi) is 7.33. The number of esters is 1. The van der Waals surface area contributed by atoms with Gasteiger partial charge < -0.3 is 15.4 Å². The molecule has 0 unspecified atom stereocenters. The molecule has 0 saturated carbocycles. The number of halogens is 1. The molecule has 0 fully saturated rings. The van der Waals surface area contributed by atoms with Gasteiger partial charge in [-0.3, -0.25) is 9.59 Å². The van der Waals surface area contributed by atoms with Crippen molar-refractivity contribution < 1.29 is 23.5 Å². The number of nitrogens with one attached hydrogen (secondary N) is 2. The van der Waals surface area contributed by atoms with Gasteiger partial charge in [-0.1, -0.05) is 42.0 Å². The summed E-state index contributed by atoms with van der Waals surface area (Å²) in [7, 11) is 0. The van der Waals surface area contributed by atoms with Crippen LogP contribution >= 0.6 is 0 Å². The highest BCUT2D eigenvalue weighted by Gasteiger charge is 2.16. The number of ether oxygens (including phenoxy) is 1. The van der Waals surface area contributed by atoms with Crippen molar-refractivity contribution in [3.8, 4) is 0 Å². The highest BCUT2D eigenvalue weighted by atomic mass is 19.1. The summed E-state index contributed by atoms with van der Waals surface area (Å²) in [6, 6.07) is 18.1. The third-order valence-corrected chi connectivity index (χ3v) is 4.74. The van der Waals surface area contributed by atoms with E-state index in [0.717, 1.165) is 5.56 Å². The molecule has 3 aromatic carbocycles. The highest BCUT2D eigenvalue weighted by Crippen LogP contribution is 2.18. The number of hydrogen-bond acceptors (Lipinski definition) is 4. The van der Waals surface area contributed by atoms with Crippen molar-refractivity contribution in [3.05, 3.63) is 100 Å². The van der Waals surface area contributed by atoms with E-state index in [1.165, 1.54) is 12.1 Å². The van der Waals surface area contributed by atoms with Gasteiger partial charge >= 0.3 is 5.97 Å². The van der Waals surface area contributed by atoms with E-state index in [0.29, 0.717) is 16.7 Å². The topological polar surface area (TPSA) is 84.5 Å². The van der Waals surface area contributed by atoms with Crippen molar-refractivity contribution in [1.82, 2.24) is 5.32 Å². The van der Waals surface area contributed by atoms with Gasteiger partial charge in [-0.15, -0.1) is 0 Å². The Morgan fingerprint density at radius 1 is 0.938 bits per heavy atom. The predicted molar refractivity (Wildman–Crippen MR) is 119 cm³/mol. The zero-order chi connectivity index (χ0) is 23.1. The first-order chi connectivity index (χ1) is 15.3. The molecule has 0 heterocycles. The second-order valence-electron chi connectivity index (χ2n) is 7.31. The molecule has 6 nitrogen and oxygen atoms in total. The Hall–Kier alpha value is -4.00. The number of para-hydroxylation sites is 1. The van der Waals surface area contributed by atoms with Gasteiger partial charge in [-0.05, 0) is 55.3 Å². The van der Waals surface area contributed by atoms with Crippen molar-refractivity contribution in [2.45, 2.75) is 20.4 Å². The lowest BCUT2D eigenvalue weighted by Crippen LogP contribution is -2.28. The van der Waals surface area contributed by atoms with Crippen LogP contribution in [0.3, 0.4) is 0 Å². The van der Waals surface area contributed by atoms with Crippen molar-refractivity contribution in [3.63, 3.8) is 0 Å². The van der Waals surface area contributed by atoms with Crippen LogP contribution in [0.1, 0.15) is 37.4 Å². The molecule has 0 aliphatic heterocycles. The third kappa shape index (κ3) is 6.01. The van der Waals surface area contributed by atoms with Gasteiger partial charge in [-0.2, -0.15) is 0 Å². The molecule has 32 heavy (non-hydrogen) atoms. The van der Waals surface area contributed by atoms with E-state index in [-0.39, 0.29) is 29.5 Å². The lowest BCUT2D eigenvalue weighted by molar-refractivity contribution is -0.124. The first-order valence-corrected chi connectivity index (χ1v) is 9.99. The molecule has 0 atom stereocenters. The quantitative estimate of drug-likeness (QED) is 0.547. The lowest BCUT2D eigenvalue weighted by atomic mass is 10.1. The van der Waals surface area contributed by atoms with Crippen molar-refractivity contribution in [2.24, 2.45) is 0 Å². The second-order valence-corrected chi connectivity index (χ2v) is 7.31. The number of carbonyl (C=O) groups is 3. The monoisotopic (exact) mass is 434 g/mol. The minimum atomic E-state index is -0.748. The van der Waals surface area contributed by atoms with Gasteiger partial charge in [0.15, 0.2) is 6.61 Å². The fraction of sp³-hybridized carbons (Fsp3) is 0.160. The van der Waals surface area contributed by atoms with Gasteiger partial charge in [0.2, 0.25) is 0 Å². The Labute approximate surface area is 185 Å². The van der Waals surface area contributed by atoms with Crippen LogP contribution in [0.5, 0.6) is 0 Å². The third-order valence-electron chi connectivity index (χ3n) is 4.74. The minimum absolute atomic E-state index is 0.108. The van der Waals surface area contributed by atoms with Crippen LogP contribution in [0.2, 0.25) is 0 Å². The number of aryl methyl sites for hydroxylation is 2. The van der Waals surface area contributed by atoms with Gasteiger partial charge in [0.1, 0.15) is 5.82 Å². The van der Waals surface area contributed by atoms with E-state index in [1.54, 1.807) is 55.5 Å². The predicted octanol–water partition coefficient (Wildman–Crippen LogP) is 4.17. The zero-order valence-corrected chi connectivity index (χ0v) is 17.8. The maximum absolute atomic E-state index is 13.6. The average molecular weight is 434 g/mol. The summed E-state index contributed by atoms with van der Waals surface area (Å²) in [5, 5.41) is 5.28. The van der Waals surface area contributed by atoms with Crippen molar-refractivity contribution >= 4 is 23.5 Å². The Bertz CT molecular complexity index is 1160. The molecule has 2 N–H and O–H groups in total. The van der Waals surface area contributed by atoms with Gasteiger partial charge in [0.25, 0.3) is 11.8 Å². The van der Waals surface area contributed by atoms with Crippen LogP contribution in [0.15, 0.2) is 66.7 Å². The van der Waals surface area contributed by atoms with Crippen LogP contribution in [-0.4, -0.2) is 24.4 Å². The van der Waals surface area contributed by atoms with E-state index in [2.05, 4.69) is 10.6 Å². The molecule has 0 spiro atoms. The van der Waals surface area contributed by atoms with Gasteiger partial charge in [0.05, 0.1) is 11.3 Å². The van der Waals surface area contributed by atoms with Gasteiger partial charge in [-0.25, -0.2) is 9.18 Å². The van der Waals surface area contributed by atoms with E-state index >= 15 is 0 Å². The van der Waals surface area contributed by atoms with Crippen molar-refractivity contribution in [2.75, 3.05) is 11.9 Å². The molecule has 0 aliphatic rings. The summed E-state index contributed by atoms with van der Waals surface area (Å²) in [6.07, 6.45) is 0. The van der Waals surface area contributed by atoms with E-state index < -0.39 is 18.5 Å². The molecule has 0 radical (unpaired) electrons. The van der Waals surface area contributed by atoms with Crippen molar-refractivity contribution in [1.29, 1.82) is 0 Å². The maximum Gasteiger partial charge on any atom is 0.340 e. The minimum Gasteiger partial charge on any atom is -0.452 e. The molecule has 7 heteroatoms. The largest absolute Gasteiger partial charge is 0.452 e. The van der Waals surface area contributed by atoms with Crippen LogP contribution in [0, 0.1) is 19.7 Å². The van der Waals surface area contributed by atoms with Crippen LogP contribution in [0.25, 0.3) is 0 Å². The molecule has 0 bridgehead atoms. The average Bonchev–Trinajstić information content (AvgIpc) is 2.78. The SMILES string of the molecule is Cc1cccc(C(=O)Nc2ccccc2C(=O)OCC(=O)NCc2ccc(C)c(F)c2)c1. The van der Waals surface area contributed by atoms with Gasteiger partial charge in [0, 0.05) is 12.1 Å². The molecule has 3 rings (SSSR count). The Balaban J connectivity index is 1.57. The highest BCUT2D eigenvalue weighted by molar-refractivity contribution is 6.08. The number of rotatable bonds is 7. The fourth-order valence-corrected chi connectivity index (χ4v) is 2.96. The molecular formula is C25H23FN2O4. The van der Waals surface area contributed by atoms with E-state index in [4.69, 9.17) is 4.74 Å². The molecule has 3 aromatic rings. The maximum atomic E-state index is 13.6. The summed E-state index contributed by atoms with van der Waals surface area (Å²) >= 11 is 0. The summed E-state index contributed by atoms with van der Waals surface area (Å²) < 4.78 is 18.7. The standard InChI is InChI=1S/C25H23FN2O4/c1-16-6-5-7-19(12-16)24(30)28-22-9-4-3-8-20(22)25(31)32-15-23(29)27-14-18-11-10-17(2)21(26)13-18/h3-13H,14-15H2,1-2H3,(H,27,29)(H,28,30). The van der Waals surface area contributed by atoms with Crippen LogP contribution in [-0.2, 0) is 16.1 Å². The van der Waals surface area contributed by atoms with E-state index in [1.807, 2.05) is 13.0 Å². The molecule has 164 valence electrons. The van der Waals surface area contributed by atoms with Crippen LogP contribution < -0.4 is 10.6 Å². The summed E-state index contributed by atoms with van der Waals surface area (Å²) in [6.45, 7) is 3.13. The zero-order valence-electron chi connectivity index (χ0n) is 17.8.